The van der Waals surface area contributed by atoms with Gasteiger partial charge in [0.15, 0.2) is 0 Å². The molecule has 0 radical (unpaired) electrons. The fourth-order valence-corrected chi connectivity index (χ4v) is 6.49. The van der Waals surface area contributed by atoms with Crippen LogP contribution in [-0.4, -0.2) is 80.0 Å². The molecule has 0 saturated carbocycles. The van der Waals surface area contributed by atoms with E-state index in [1.54, 1.807) is 6.07 Å². The van der Waals surface area contributed by atoms with Crippen LogP contribution >= 0.6 is 0 Å². The molecular weight excluding hydrogens is 439 g/mol. The van der Waals surface area contributed by atoms with Crippen LogP contribution in [0, 0.1) is 0 Å². The molecule has 2 rings (SSSR count). The molecule has 2 N–H and O–H groups in total. The maximum absolute atomic E-state index is 12.5. The minimum absolute atomic E-state index is 0.0268. The predicted octanol–water partition coefficient (Wildman–Crippen LogP) is 0.214. The number of rotatable bonds is 5. The molecule has 29 heavy (non-hydrogen) atoms. The quantitative estimate of drug-likeness (QED) is 0.364. The third-order valence-corrected chi connectivity index (χ3v) is 7.32. The molecule has 150 valence electrons. The van der Waals surface area contributed by atoms with Gasteiger partial charge in [0.25, 0.3) is 0 Å². The first-order chi connectivity index (χ1) is 13.4. The van der Waals surface area contributed by atoms with Crippen LogP contribution < -0.4 is 2.81 Å². The van der Waals surface area contributed by atoms with Crippen molar-refractivity contribution in [3.63, 3.8) is 0 Å². The van der Waals surface area contributed by atoms with Crippen LogP contribution in [0.5, 0.6) is 0 Å². The third-order valence-electron chi connectivity index (χ3n) is 4.00. The molecule has 10 nitrogen and oxygen atoms in total. The Morgan fingerprint density at radius 1 is 0.828 bits per heavy atom. The summed E-state index contributed by atoms with van der Waals surface area (Å²) in [5.74, 6) is -2.68. The Hall–Kier alpha value is -1.80. The number of esters is 2. The van der Waals surface area contributed by atoms with Gasteiger partial charge in [-0.15, -0.1) is 0 Å². The zero-order chi connectivity index (χ0) is 22.1. The Bertz CT molecular complexity index is 1200. The van der Waals surface area contributed by atoms with Crippen molar-refractivity contribution in [2.24, 2.45) is 0 Å². The molecular formula is C16H13NaO10S2. The van der Waals surface area contributed by atoms with Crippen LogP contribution in [0.2, 0.25) is 0 Å². The second-order valence-electron chi connectivity index (χ2n) is 5.71. The fraction of sp³-hybridized carbons (Fsp3) is 0.125. The van der Waals surface area contributed by atoms with Crippen molar-refractivity contribution in [3.8, 4) is 11.1 Å². The fourth-order valence-electron chi connectivity index (χ4n) is 2.93. The molecule has 2 aromatic rings. The monoisotopic (exact) mass is 452 g/mol. The molecule has 0 aliphatic carbocycles. The van der Waals surface area contributed by atoms with E-state index in [0.717, 1.165) is 14.2 Å². The van der Waals surface area contributed by atoms with Gasteiger partial charge in [-0.25, -0.2) is 0 Å². The minimum atomic E-state index is -5.25. The zero-order valence-corrected chi connectivity index (χ0v) is 19.0. The Balaban J connectivity index is 3.38. The van der Waals surface area contributed by atoms with Crippen LogP contribution in [0.25, 0.3) is 11.1 Å². The average Bonchev–Trinajstić information content (AvgIpc) is 2.64. The standard InChI is InChI=1S/C16H13O10S2.Na/c1-25-15(17)10-8-11(27(19,20)21)12(9-6-4-3-5-7-9)13(16(18)26-2)14(10)28(22,23)24;/h3-7H,1-2H3,(H,19,20,21)(H,22,23,24);. The van der Waals surface area contributed by atoms with Gasteiger partial charge in [0, 0.05) is 0 Å². The summed E-state index contributed by atoms with van der Waals surface area (Å²) in [5.41, 5.74) is -2.28. The molecule has 0 amide bonds. The van der Waals surface area contributed by atoms with Crippen molar-refractivity contribution in [2.75, 3.05) is 14.2 Å². The van der Waals surface area contributed by atoms with E-state index in [0.29, 0.717) is 0 Å². The van der Waals surface area contributed by atoms with Gasteiger partial charge in [-0.3, -0.25) is 0 Å². The summed E-state index contributed by atoms with van der Waals surface area (Å²) >= 11 is -0.280. The van der Waals surface area contributed by atoms with Crippen molar-refractivity contribution >= 4 is 62.9 Å². The number of benzene rings is 2. The van der Waals surface area contributed by atoms with Crippen LogP contribution in [0.15, 0.2) is 40.1 Å². The molecule has 0 heterocycles. The molecule has 0 unspecified atom stereocenters. The summed E-state index contributed by atoms with van der Waals surface area (Å²) in [7, 11) is -8.52. The van der Waals surface area contributed by atoms with E-state index in [4.69, 9.17) is 0 Å². The summed E-state index contributed by atoms with van der Waals surface area (Å²) in [6.45, 7) is 0. The average molecular weight is 452 g/mol. The number of methoxy groups -OCH3 is 2. The van der Waals surface area contributed by atoms with Crippen LogP contribution in [0.4, 0.5) is 0 Å². The first kappa shape index (κ1) is 23.5. The summed E-state index contributed by atoms with van der Waals surface area (Å²) < 4.78 is 77.0. The second kappa shape index (κ2) is 8.52. The van der Waals surface area contributed by atoms with Crippen LogP contribution in [0.1, 0.15) is 20.7 Å². The van der Waals surface area contributed by atoms with Gasteiger partial charge in [0.05, 0.1) is 0 Å². The van der Waals surface area contributed by atoms with Gasteiger partial charge in [0.1, 0.15) is 0 Å². The van der Waals surface area contributed by atoms with Crippen molar-refractivity contribution < 1.29 is 45.0 Å². The topological polar surface area (TPSA) is 161 Å². The van der Waals surface area contributed by atoms with Gasteiger partial charge in [-0.05, 0) is 0 Å². The van der Waals surface area contributed by atoms with Crippen LogP contribution in [-0.2, 0) is 29.7 Å². The van der Waals surface area contributed by atoms with E-state index in [-0.39, 0.29) is 33.5 Å². The molecule has 2 aromatic carbocycles. The van der Waals surface area contributed by atoms with Gasteiger partial charge in [0.2, 0.25) is 0 Å². The second-order valence-corrected chi connectivity index (χ2v) is 9.42. The SMILES string of the molecule is COC(=O)c1[c]([Na])c(S(=O)(=O)O)c(-c2ccccc2)c(C(=O)OC)c1S(=O)(=O)O. The summed E-state index contributed by atoms with van der Waals surface area (Å²) in [6.07, 6.45) is 0. The van der Waals surface area contributed by atoms with E-state index < -0.39 is 61.5 Å². The zero-order valence-electron chi connectivity index (χ0n) is 15.4. The van der Waals surface area contributed by atoms with E-state index in [1.165, 1.54) is 24.3 Å². The van der Waals surface area contributed by atoms with E-state index in [9.17, 15) is 35.5 Å². The number of hydrogen-bond acceptors (Lipinski definition) is 8. The van der Waals surface area contributed by atoms with Crippen molar-refractivity contribution in [1.29, 1.82) is 0 Å². The van der Waals surface area contributed by atoms with Crippen LogP contribution in [0.3, 0.4) is 0 Å². The third kappa shape index (κ3) is 4.53. The maximum atomic E-state index is 12.5. The molecule has 0 fully saturated rings. The van der Waals surface area contributed by atoms with Crippen molar-refractivity contribution in [1.82, 2.24) is 0 Å². The number of carbonyl (C=O) groups excluding carboxylic acids is 2. The normalized spacial score (nSPS) is 11.8. The van der Waals surface area contributed by atoms with Crippen molar-refractivity contribution in [2.45, 2.75) is 9.79 Å². The molecule has 0 aliphatic rings. The van der Waals surface area contributed by atoms with Crippen molar-refractivity contribution in [3.05, 3.63) is 41.5 Å². The Labute approximate surface area is 183 Å². The van der Waals surface area contributed by atoms with E-state index in [1.807, 2.05) is 0 Å². The summed E-state index contributed by atoms with van der Waals surface area (Å²) in [5, 5.41) is 0. The van der Waals surface area contributed by atoms with E-state index >= 15 is 0 Å². The summed E-state index contributed by atoms with van der Waals surface area (Å²) in [4.78, 5) is 22.8. The number of ether oxygens (including phenoxy) is 2. The molecule has 13 heteroatoms. The first-order valence-corrected chi connectivity index (χ1v) is 11.6. The molecule has 0 bridgehead atoms. The number of hydrogen-bond donors (Lipinski definition) is 2. The first-order valence-electron chi connectivity index (χ1n) is 7.73. The van der Waals surface area contributed by atoms with Gasteiger partial charge in [-0.2, -0.15) is 0 Å². The molecule has 0 atom stereocenters. The summed E-state index contributed by atoms with van der Waals surface area (Å²) in [6, 6.07) is 7.21. The van der Waals surface area contributed by atoms with E-state index in [2.05, 4.69) is 9.47 Å². The molecule has 0 aliphatic heterocycles. The van der Waals surface area contributed by atoms with Gasteiger partial charge in [-0.1, -0.05) is 0 Å². The molecule has 0 saturated heterocycles. The number of carbonyl (C=O) groups is 2. The Morgan fingerprint density at radius 2 is 1.28 bits per heavy atom. The van der Waals surface area contributed by atoms with Gasteiger partial charge < -0.3 is 0 Å². The Morgan fingerprint density at radius 3 is 1.69 bits per heavy atom. The molecule has 0 spiro atoms. The molecule has 0 aromatic heterocycles. The van der Waals surface area contributed by atoms with Gasteiger partial charge >= 0.3 is 185 Å². The Kier molecular flexibility index (Phi) is 6.89. The predicted molar refractivity (Wildman–Crippen MR) is 99.6 cm³/mol.